The van der Waals surface area contributed by atoms with Crippen molar-refractivity contribution in [2.24, 2.45) is 5.92 Å². The number of fused-ring (bicyclic) bond motifs is 1. The highest BCUT2D eigenvalue weighted by Crippen LogP contribution is 2.28. The molecule has 13 nitrogen and oxygen atoms in total. The molecule has 1 aromatic heterocycles. The molecular formula is C33H43N5O8. The molecule has 1 unspecified atom stereocenters. The number of aryl methyl sites for hydroxylation is 3. The lowest BCUT2D eigenvalue weighted by atomic mass is 10.00. The Morgan fingerprint density at radius 1 is 0.826 bits per heavy atom. The molecule has 248 valence electrons. The molecule has 0 aliphatic rings. The summed E-state index contributed by atoms with van der Waals surface area (Å²) in [6.07, 6.45) is -2.06. The molecule has 1 heterocycles. The highest BCUT2D eigenvalue weighted by molar-refractivity contribution is 5.94. The largest absolute Gasteiger partial charge is 0.481 e. The van der Waals surface area contributed by atoms with E-state index in [1.807, 2.05) is 50.2 Å². The number of hydrogen-bond acceptors (Lipinski definition) is 8. The van der Waals surface area contributed by atoms with E-state index in [0.29, 0.717) is 11.1 Å². The Labute approximate surface area is 267 Å². The maximum Gasteiger partial charge on any atom is 0.305 e. The minimum atomic E-state index is -1.60. The number of aliphatic carboxylic acids is 1. The van der Waals surface area contributed by atoms with Crippen molar-refractivity contribution in [2.45, 2.75) is 91.6 Å². The van der Waals surface area contributed by atoms with Gasteiger partial charge in [0.15, 0.2) is 11.7 Å². The fourth-order valence-corrected chi connectivity index (χ4v) is 4.88. The summed E-state index contributed by atoms with van der Waals surface area (Å²) in [6.45, 7) is 11.7. The Bertz CT molecular complexity index is 1540. The zero-order valence-corrected chi connectivity index (χ0v) is 27.1. The van der Waals surface area contributed by atoms with Crippen LogP contribution in [0.5, 0.6) is 0 Å². The molecule has 0 bridgehead atoms. The second kappa shape index (κ2) is 15.5. The van der Waals surface area contributed by atoms with Crippen molar-refractivity contribution in [1.82, 2.24) is 26.3 Å². The summed E-state index contributed by atoms with van der Waals surface area (Å²) in [4.78, 5) is 67.5. The summed E-state index contributed by atoms with van der Waals surface area (Å²) in [7, 11) is 0. The third-order valence-electron chi connectivity index (χ3n) is 7.57. The number of hydrogen-bond donors (Lipinski definition) is 6. The molecule has 0 aliphatic carbocycles. The normalized spacial score (nSPS) is 14.5. The average Bonchev–Trinajstić information content (AvgIpc) is 3.44. The number of aliphatic hydroxyl groups is 1. The molecular weight excluding hydrogens is 594 g/mol. The number of carbonyl (C=O) groups is 5. The summed E-state index contributed by atoms with van der Waals surface area (Å²) in [5.41, 5.74) is 4.37. The monoisotopic (exact) mass is 637 g/mol. The minimum absolute atomic E-state index is 0.155. The fourth-order valence-electron chi connectivity index (χ4n) is 4.88. The molecule has 5 atom stereocenters. The molecule has 2 aromatic carbocycles. The van der Waals surface area contributed by atoms with Crippen LogP contribution in [0.25, 0.3) is 11.1 Å². The summed E-state index contributed by atoms with van der Waals surface area (Å²) in [5.74, 6) is -4.26. The molecule has 0 fully saturated rings. The van der Waals surface area contributed by atoms with Crippen molar-refractivity contribution in [3.63, 3.8) is 0 Å². The van der Waals surface area contributed by atoms with Crippen LogP contribution in [0.2, 0.25) is 0 Å². The van der Waals surface area contributed by atoms with Crippen LogP contribution in [0.3, 0.4) is 0 Å². The van der Waals surface area contributed by atoms with Gasteiger partial charge in [0.2, 0.25) is 29.5 Å². The van der Waals surface area contributed by atoms with Crippen LogP contribution in [0, 0.1) is 26.7 Å². The van der Waals surface area contributed by atoms with E-state index in [9.17, 15) is 34.2 Å². The quantitative estimate of drug-likeness (QED) is 0.153. The average molecular weight is 638 g/mol. The number of nitrogens with zero attached hydrogens (tertiary/aromatic N) is 1. The van der Waals surface area contributed by atoms with Gasteiger partial charge in [0, 0.05) is 13.3 Å². The molecule has 3 rings (SSSR count). The van der Waals surface area contributed by atoms with E-state index in [1.54, 1.807) is 20.8 Å². The lowest BCUT2D eigenvalue weighted by Gasteiger charge is -2.27. The van der Waals surface area contributed by atoms with Crippen LogP contribution >= 0.6 is 0 Å². The van der Waals surface area contributed by atoms with Gasteiger partial charge in [-0.15, -0.1) is 0 Å². The summed E-state index contributed by atoms with van der Waals surface area (Å²) >= 11 is 0. The number of carboxylic acids is 1. The third kappa shape index (κ3) is 9.36. The van der Waals surface area contributed by atoms with Crippen LogP contribution in [-0.2, 0) is 30.4 Å². The van der Waals surface area contributed by atoms with E-state index in [-0.39, 0.29) is 12.3 Å². The number of benzene rings is 2. The van der Waals surface area contributed by atoms with E-state index in [1.165, 1.54) is 13.8 Å². The first kappa shape index (κ1) is 35.7. The lowest BCUT2D eigenvalue weighted by Crippen LogP contribution is -2.58. The molecule has 46 heavy (non-hydrogen) atoms. The van der Waals surface area contributed by atoms with Crippen LogP contribution < -0.4 is 21.3 Å². The van der Waals surface area contributed by atoms with Gasteiger partial charge in [-0.2, -0.15) is 0 Å². The predicted molar refractivity (Wildman–Crippen MR) is 169 cm³/mol. The molecule has 4 amide bonds. The molecule has 13 heteroatoms. The van der Waals surface area contributed by atoms with Crippen molar-refractivity contribution >= 4 is 40.7 Å². The summed E-state index contributed by atoms with van der Waals surface area (Å²) in [6, 6.07) is 6.63. The maximum atomic E-state index is 13.3. The minimum Gasteiger partial charge on any atom is -0.481 e. The van der Waals surface area contributed by atoms with Crippen molar-refractivity contribution in [2.75, 3.05) is 0 Å². The highest BCUT2D eigenvalue weighted by Gasteiger charge is 2.33. The van der Waals surface area contributed by atoms with E-state index < -0.39 is 72.2 Å². The summed E-state index contributed by atoms with van der Waals surface area (Å²) < 4.78 is 5.75. The van der Waals surface area contributed by atoms with Gasteiger partial charge in [-0.25, -0.2) is 4.98 Å². The number of aromatic nitrogens is 1. The number of rotatable bonds is 14. The van der Waals surface area contributed by atoms with Gasteiger partial charge < -0.3 is 35.9 Å². The van der Waals surface area contributed by atoms with Crippen molar-refractivity contribution < 1.29 is 38.6 Å². The molecule has 0 saturated carbocycles. The molecule has 0 aliphatic heterocycles. The first-order valence-corrected chi connectivity index (χ1v) is 15.1. The van der Waals surface area contributed by atoms with Crippen molar-refractivity contribution in [1.29, 1.82) is 0 Å². The Balaban J connectivity index is 1.71. The molecule has 3 aromatic rings. The second-order valence-electron chi connectivity index (χ2n) is 12.0. The molecule has 0 radical (unpaired) electrons. The van der Waals surface area contributed by atoms with Gasteiger partial charge >= 0.3 is 5.97 Å². The second-order valence-corrected chi connectivity index (χ2v) is 12.0. The van der Waals surface area contributed by atoms with E-state index >= 15 is 0 Å². The van der Waals surface area contributed by atoms with Gasteiger partial charge in [-0.3, -0.25) is 24.0 Å². The van der Waals surface area contributed by atoms with E-state index in [2.05, 4.69) is 26.3 Å². The third-order valence-corrected chi connectivity index (χ3v) is 7.57. The smallest absolute Gasteiger partial charge is 0.305 e. The van der Waals surface area contributed by atoms with Crippen LogP contribution in [0.4, 0.5) is 0 Å². The van der Waals surface area contributed by atoms with Crippen LogP contribution in [0.1, 0.15) is 68.4 Å². The molecule has 0 spiro atoms. The highest BCUT2D eigenvalue weighted by atomic mass is 16.4. The van der Waals surface area contributed by atoms with Gasteiger partial charge in [-0.1, -0.05) is 55.8 Å². The van der Waals surface area contributed by atoms with Gasteiger partial charge in [0.05, 0.1) is 12.5 Å². The van der Waals surface area contributed by atoms with Crippen molar-refractivity contribution in [3.8, 4) is 0 Å². The van der Waals surface area contributed by atoms with Crippen molar-refractivity contribution in [3.05, 3.63) is 64.5 Å². The summed E-state index contributed by atoms with van der Waals surface area (Å²) in [5, 5.41) is 30.9. The maximum absolute atomic E-state index is 13.3. The first-order chi connectivity index (χ1) is 21.6. The number of nitrogens with one attached hydrogen (secondary N) is 4. The van der Waals surface area contributed by atoms with Gasteiger partial charge in [0.25, 0.3) is 0 Å². The van der Waals surface area contributed by atoms with Crippen LogP contribution in [0.15, 0.2) is 40.8 Å². The zero-order chi connectivity index (χ0) is 34.3. The number of carboxylic acid groups (broad SMARTS) is 1. The topological polar surface area (TPSA) is 200 Å². The number of carbonyl (C=O) groups excluding carboxylic acids is 4. The van der Waals surface area contributed by atoms with E-state index in [0.717, 1.165) is 22.3 Å². The van der Waals surface area contributed by atoms with Gasteiger partial charge in [-0.05, 0) is 50.3 Å². The van der Waals surface area contributed by atoms with Gasteiger partial charge in [0.1, 0.15) is 23.6 Å². The van der Waals surface area contributed by atoms with Crippen LogP contribution in [-0.4, -0.2) is 69.0 Å². The number of oxazole rings is 1. The SMILES string of the molecule is CC(=O)N[C@@H](Cc1ccc(C)cc1)C(=O)N[C@H](C(=O)N[C@@H](C)C(=O)N[C@@H](CC(=O)O)C(O)c1nc2c(C)ccc(C)c2o1)C(C)C. The Morgan fingerprint density at radius 2 is 1.46 bits per heavy atom. The zero-order valence-electron chi connectivity index (χ0n) is 27.1. The first-order valence-electron chi connectivity index (χ1n) is 15.1. The predicted octanol–water partition coefficient (Wildman–Crippen LogP) is 2.14. The number of amides is 4. The molecule has 6 N–H and O–H groups in total. The Hall–Kier alpha value is -4.78. The number of aliphatic hydroxyl groups excluding tert-OH is 1. The Morgan fingerprint density at radius 3 is 2.02 bits per heavy atom. The fraction of sp³-hybridized carbons (Fsp3) is 0.455. The Kier molecular flexibility index (Phi) is 12.0. The van der Waals surface area contributed by atoms with E-state index in [4.69, 9.17) is 4.42 Å². The standard InChI is InChI=1S/C33H43N5O8/c1-16(2)26(37-31(44)24(35-21(7)39)14-22-12-8-17(3)9-13-22)32(45)34-20(6)30(43)36-23(15-25(40)41)28(42)33-38-27-18(4)10-11-19(5)29(27)46-33/h8-13,16,20,23-24,26,28,42H,14-15H2,1-7H3,(H,34,45)(H,35,39)(H,36,43)(H,37,44)(H,40,41)/t20-,23-,24-,26-,28?/m0/s1. The molecule has 0 saturated heterocycles. The lowest BCUT2D eigenvalue weighted by molar-refractivity contribution is -0.139.